The number of hydrogen-bond donors (Lipinski definition) is 3. The maximum absolute atomic E-state index is 15.6. The third-order valence-electron chi connectivity index (χ3n) is 13.2. The number of aromatic carboxylic acids is 2. The van der Waals surface area contributed by atoms with Gasteiger partial charge in [-0.15, -0.1) is 0 Å². The number of benzene rings is 3. The van der Waals surface area contributed by atoms with Crippen LogP contribution in [0.15, 0.2) is 86.7 Å². The summed E-state index contributed by atoms with van der Waals surface area (Å²) in [7, 11) is 6.86. The Morgan fingerprint density at radius 2 is 1.24 bits per heavy atom. The zero-order valence-corrected chi connectivity index (χ0v) is 39.5. The summed E-state index contributed by atoms with van der Waals surface area (Å²) in [6.07, 6.45) is 11.4. The lowest BCUT2D eigenvalue weighted by Gasteiger charge is -2.33. The summed E-state index contributed by atoms with van der Waals surface area (Å²) >= 11 is 6.74. The van der Waals surface area contributed by atoms with E-state index in [1.165, 1.54) is 43.8 Å². The number of hydrogen-bond acceptors (Lipinski definition) is 10. The summed E-state index contributed by atoms with van der Waals surface area (Å²) in [6.45, 7) is 4.63. The summed E-state index contributed by atoms with van der Waals surface area (Å²) < 4.78 is 45.8. The molecular formula is C51H57ClF2N6O8. The number of halogens is 3. The zero-order valence-electron chi connectivity index (χ0n) is 38.7. The van der Waals surface area contributed by atoms with Gasteiger partial charge in [-0.3, -0.25) is 14.5 Å². The highest BCUT2D eigenvalue weighted by molar-refractivity contribution is 6.30. The average Bonchev–Trinajstić information content (AvgIpc) is 4.27. The quantitative estimate of drug-likeness (QED) is 0.0916. The molecule has 68 heavy (non-hydrogen) atoms. The highest BCUT2D eigenvalue weighted by Crippen LogP contribution is 2.46. The normalized spacial score (nSPS) is 16.2. The number of carbonyl (C=O) groups is 2. The van der Waals surface area contributed by atoms with Crippen molar-refractivity contribution in [1.29, 1.82) is 0 Å². The van der Waals surface area contributed by atoms with E-state index < -0.39 is 34.4 Å². The van der Waals surface area contributed by atoms with Crippen LogP contribution in [0.4, 0.5) is 20.2 Å². The molecule has 0 unspecified atom stereocenters. The third-order valence-corrected chi connectivity index (χ3v) is 13.6. The predicted molar refractivity (Wildman–Crippen MR) is 260 cm³/mol. The van der Waals surface area contributed by atoms with E-state index in [1.54, 1.807) is 9.13 Å². The van der Waals surface area contributed by atoms with Crippen molar-refractivity contribution in [3.8, 4) is 11.5 Å². The monoisotopic (exact) mass is 954 g/mol. The fraction of sp³-hybridized carbons (Fsp3) is 0.412. The van der Waals surface area contributed by atoms with Crippen LogP contribution >= 0.6 is 11.6 Å². The van der Waals surface area contributed by atoms with Gasteiger partial charge in [-0.1, -0.05) is 59.2 Å². The number of aromatic nitrogens is 2. The number of pyridine rings is 2. The molecule has 0 bridgehead atoms. The van der Waals surface area contributed by atoms with Gasteiger partial charge in [0.2, 0.25) is 10.9 Å². The summed E-state index contributed by atoms with van der Waals surface area (Å²) in [4.78, 5) is 55.0. The van der Waals surface area contributed by atoms with Gasteiger partial charge >= 0.3 is 11.9 Å². The van der Waals surface area contributed by atoms with Gasteiger partial charge in [-0.25, -0.2) is 18.4 Å². The lowest BCUT2D eigenvalue weighted by Crippen LogP contribution is -2.33. The Balaban J connectivity index is 0.000000189. The zero-order chi connectivity index (χ0) is 48.4. The van der Waals surface area contributed by atoms with Crippen molar-refractivity contribution in [1.82, 2.24) is 19.4 Å². The lowest BCUT2D eigenvalue weighted by molar-refractivity contribution is 0.0684. The topological polar surface area (TPSA) is 159 Å². The number of carboxylic acids is 2. The number of rotatable bonds is 14. The van der Waals surface area contributed by atoms with E-state index in [0.29, 0.717) is 73.7 Å². The molecule has 2 aliphatic heterocycles. The van der Waals surface area contributed by atoms with Crippen molar-refractivity contribution in [2.24, 2.45) is 0 Å². The summed E-state index contributed by atoms with van der Waals surface area (Å²) in [5.41, 5.74) is 3.18. The molecule has 3 N–H and O–H groups in total. The molecule has 0 spiro atoms. The highest BCUT2D eigenvalue weighted by atomic mass is 35.5. The number of methoxy groups -OCH3 is 2. The van der Waals surface area contributed by atoms with Gasteiger partial charge in [-0.05, 0) is 83.2 Å². The molecule has 2 aliphatic carbocycles. The van der Waals surface area contributed by atoms with Crippen molar-refractivity contribution >= 4 is 56.7 Å². The minimum absolute atomic E-state index is 0.0250. The molecule has 9 rings (SSSR count). The Morgan fingerprint density at radius 3 is 1.65 bits per heavy atom. The number of carboxylic acid groups (broad SMARTS) is 2. The van der Waals surface area contributed by atoms with Crippen molar-refractivity contribution in [2.75, 3.05) is 77.4 Å². The predicted octanol–water partition coefficient (Wildman–Crippen LogP) is 8.34. The number of anilines is 2. The Labute approximate surface area is 397 Å². The molecule has 2 saturated heterocycles. The third kappa shape index (κ3) is 9.99. The number of piperidine rings is 2. The van der Waals surface area contributed by atoms with Crippen molar-refractivity contribution in [2.45, 2.75) is 70.0 Å². The van der Waals surface area contributed by atoms with E-state index in [1.807, 2.05) is 42.1 Å². The Bertz CT molecular complexity index is 2930. The highest BCUT2D eigenvalue weighted by Gasteiger charge is 2.34. The minimum atomic E-state index is -1.32. The molecule has 4 fully saturated rings. The first-order valence-electron chi connectivity index (χ1n) is 23.0. The Morgan fingerprint density at radius 1 is 0.779 bits per heavy atom. The molecule has 360 valence electrons. The first kappa shape index (κ1) is 48.2. The minimum Gasteiger partial charge on any atom is -0.492 e. The fourth-order valence-electron chi connectivity index (χ4n) is 9.49. The standard InChI is InChI=1S/C29H31ClFN3O4.C22H26FN3O4/c1-32(15-18-6-4-3-5-7-18)17-23(30)19-10-12-33(13-11-19)26-24(31)14-21-25(28(26)38-2)34(20-8-9-20)16-22(27(21)35)29(36)37;1-24-8-5-13-6-9-25(10-7-13)19-17(23)11-15-18(21(19)30-2)26(14-3-4-14)12-16(20(15)27)22(28)29/h3-7,14,16,20H,8-13,15,17H2,1-2H3,(H,36,37);5,11-12,14,24H,3-4,6-10H2,1-2H3,(H,28,29). The molecule has 3 aromatic carbocycles. The van der Waals surface area contributed by atoms with E-state index in [-0.39, 0.29) is 39.7 Å². The maximum Gasteiger partial charge on any atom is 0.341 e. The summed E-state index contributed by atoms with van der Waals surface area (Å²) in [5, 5.41) is 23.0. The van der Waals surface area contributed by atoms with Crippen LogP contribution < -0.4 is 35.4 Å². The van der Waals surface area contributed by atoms with Crippen LogP contribution in [0.25, 0.3) is 21.8 Å². The van der Waals surface area contributed by atoms with E-state index >= 15 is 8.78 Å². The first-order chi connectivity index (χ1) is 32.7. The molecule has 2 aromatic heterocycles. The van der Waals surface area contributed by atoms with Gasteiger partial charge in [0, 0.05) is 75.3 Å². The van der Waals surface area contributed by atoms with E-state index in [2.05, 4.69) is 28.4 Å². The lowest BCUT2D eigenvalue weighted by atomic mass is 10.0. The fourth-order valence-corrected chi connectivity index (χ4v) is 9.88. The number of nitrogens with zero attached hydrogens (tertiary/aromatic N) is 5. The van der Waals surface area contributed by atoms with Gasteiger partial charge in [0.15, 0.2) is 23.1 Å². The molecule has 5 aromatic rings. The van der Waals surface area contributed by atoms with Gasteiger partial charge in [0.25, 0.3) is 0 Å². The van der Waals surface area contributed by atoms with Crippen LogP contribution in [0.1, 0.15) is 89.7 Å². The van der Waals surface area contributed by atoms with Crippen LogP contribution in [0.3, 0.4) is 0 Å². The van der Waals surface area contributed by atoms with Gasteiger partial charge in [-0.2, -0.15) is 0 Å². The summed E-state index contributed by atoms with van der Waals surface area (Å²) in [5.74, 6) is -3.23. The Hall–Kier alpha value is -6.23. The van der Waals surface area contributed by atoms with E-state index in [4.69, 9.17) is 21.1 Å². The number of likely N-dealkylation sites (N-methyl/N-ethyl adjacent to an activating group) is 2. The smallest absolute Gasteiger partial charge is 0.341 e. The number of nitrogens with one attached hydrogen (secondary N) is 1. The second kappa shape index (κ2) is 20.6. The molecule has 17 heteroatoms. The van der Waals surface area contributed by atoms with Crippen molar-refractivity contribution < 1.29 is 38.1 Å². The molecule has 0 radical (unpaired) electrons. The van der Waals surface area contributed by atoms with Crippen LogP contribution in [0.2, 0.25) is 0 Å². The van der Waals surface area contributed by atoms with Crippen LogP contribution in [0.5, 0.6) is 11.5 Å². The van der Waals surface area contributed by atoms with Crippen LogP contribution in [0, 0.1) is 11.6 Å². The summed E-state index contributed by atoms with van der Waals surface area (Å²) in [6, 6.07) is 12.7. The molecule has 2 saturated carbocycles. The average molecular weight is 955 g/mol. The first-order valence-corrected chi connectivity index (χ1v) is 23.4. The molecular weight excluding hydrogens is 898 g/mol. The second-order valence-electron chi connectivity index (χ2n) is 18.0. The van der Waals surface area contributed by atoms with Crippen LogP contribution in [-0.2, 0) is 6.54 Å². The second-order valence-corrected chi connectivity index (χ2v) is 18.4. The molecule has 4 heterocycles. The van der Waals surface area contributed by atoms with Gasteiger partial charge < -0.3 is 43.9 Å². The largest absolute Gasteiger partial charge is 0.492 e. The Kier molecular flexibility index (Phi) is 14.6. The molecule has 14 nitrogen and oxygen atoms in total. The van der Waals surface area contributed by atoms with E-state index in [0.717, 1.165) is 68.3 Å². The molecule has 4 aliphatic rings. The van der Waals surface area contributed by atoms with Crippen molar-refractivity contribution in [3.05, 3.63) is 126 Å². The molecule has 0 amide bonds. The maximum atomic E-state index is 15.6. The van der Waals surface area contributed by atoms with E-state index in [9.17, 15) is 29.4 Å². The van der Waals surface area contributed by atoms with Crippen LogP contribution in [-0.4, -0.2) is 104 Å². The van der Waals surface area contributed by atoms with Crippen molar-refractivity contribution in [3.63, 3.8) is 0 Å². The van der Waals surface area contributed by atoms with Gasteiger partial charge in [0.1, 0.15) is 22.5 Å². The number of ether oxygens (including phenoxy) is 2. The molecule has 0 atom stereocenters. The SMILES string of the molecule is CNCC=C1CCN(c2c(F)cc3c(=O)c(C(=O)O)cn(C4CC4)c3c2OC)CC1.COc1c(N2CCC(=C(Cl)CN(C)Cc3ccccc3)CC2)c(F)cc2c(=O)c(C(=O)O)cn(C3CC3)c12. The number of fused-ring (bicyclic) bond motifs is 2. The van der Waals surface area contributed by atoms with Gasteiger partial charge in [0.05, 0.1) is 36.0 Å².